The van der Waals surface area contributed by atoms with Gasteiger partial charge in [-0.3, -0.25) is 9.78 Å². The van der Waals surface area contributed by atoms with Crippen molar-refractivity contribution in [1.82, 2.24) is 9.88 Å². The standard InChI is InChI=1S/C17H19BrN2O/c18-10-8-14-6-3-4-12-20(14)17(21)16-15-7-2-1-5-13(15)9-11-19-16/h1-2,5,7,9,11,14H,3-4,6,8,10,12H2. The number of pyridine rings is 1. The minimum absolute atomic E-state index is 0.0810. The number of amides is 1. The van der Waals surface area contributed by atoms with Gasteiger partial charge in [-0.1, -0.05) is 40.2 Å². The Hall–Kier alpha value is -1.42. The topological polar surface area (TPSA) is 33.2 Å². The number of benzene rings is 1. The van der Waals surface area contributed by atoms with Crippen LogP contribution in [0.15, 0.2) is 36.5 Å². The molecule has 1 atom stereocenters. The molecule has 1 unspecified atom stereocenters. The Bertz CT molecular complexity index is 636. The first-order valence-corrected chi connectivity index (χ1v) is 8.64. The summed E-state index contributed by atoms with van der Waals surface area (Å²) >= 11 is 3.50. The molecule has 2 aromatic rings. The average Bonchev–Trinajstić information content (AvgIpc) is 2.54. The van der Waals surface area contributed by atoms with Crippen molar-refractivity contribution in [3.8, 4) is 0 Å². The number of carbonyl (C=O) groups is 1. The molecular weight excluding hydrogens is 328 g/mol. The highest BCUT2D eigenvalue weighted by Crippen LogP contribution is 2.24. The lowest BCUT2D eigenvalue weighted by atomic mass is 9.99. The zero-order chi connectivity index (χ0) is 14.7. The molecule has 1 amide bonds. The quantitative estimate of drug-likeness (QED) is 0.786. The third-order valence-electron chi connectivity index (χ3n) is 4.21. The van der Waals surface area contributed by atoms with Crippen LogP contribution in [0.1, 0.15) is 36.2 Å². The molecule has 0 bridgehead atoms. The van der Waals surface area contributed by atoms with Crippen LogP contribution in [-0.4, -0.2) is 33.7 Å². The maximum Gasteiger partial charge on any atom is 0.273 e. The predicted molar refractivity (Wildman–Crippen MR) is 88.8 cm³/mol. The molecule has 110 valence electrons. The molecule has 0 saturated carbocycles. The van der Waals surface area contributed by atoms with Crippen LogP contribution in [0.3, 0.4) is 0 Å². The van der Waals surface area contributed by atoms with Crippen molar-refractivity contribution in [1.29, 1.82) is 0 Å². The molecule has 3 rings (SSSR count). The fourth-order valence-electron chi connectivity index (χ4n) is 3.12. The number of hydrogen-bond donors (Lipinski definition) is 0. The van der Waals surface area contributed by atoms with E-state index in [0.717, 1.165) is 41.9 Å². The van der Waals surface area contributed by atoms with Crippen LogP contribution >= 0.6 is 15.9 Å². The number of carbonyl (C=O) groups excluding carboxylic acids is 1. The number of likely N-dealkylation sites (tertiary alicyclic amines) is 1. The largest absolute Gasteiger partial charge is 0.334 e. The lowest BCUT2D eigenvalue weighted by Gasteiger charge is -2.35. The summed E-state index contributed by atoms with van der Waals surface area (Å²) in [5, 5.41) is 2.96. The highest BCUT2D eigenvalue weighted by atomic mass is 79.9. The fraction of sp³-hybridized carbons (Fsp3) is 0.412. The number of halogens is 1. The van der Waals surface area contributed by atoms with Crippen molar-refractivity contribution in [3.05, 3.63) is 42.2 Å². The number of piperidine rings is 1. The lowest BCUT2D eigenvalue weighted by Crippen LogP contribution is -2.44. The zero-order valence-corrected chi connectivity index (χ0v) is 13.6. The van der Waals surface area contributed by atoms with E-state index in [1.807, 2.05) is 35.2 Å². The van der Waals surface area contributed by atoms with Crippen molar-refractivity contribution in [2.24, 2.45) is 0 Å². The number of hydrogen-bond acceptors (Lipinski definition) is 2. The van der Waals surface area contributed by atoms with Gasteiger partial charge in [0.25, 0.3) is 5.91 Å². The van der Waals surface area contributed by atoms with E-state index in [2.05, 4.69) is 20.9 Å². The Labute approximate surface area is 133 Å². The van der Waals surface area contributed by atoms with Crippen LogP contribution < -0.4 is 0 Å². The molecule has 1 aromatic heterocycles. The van der Waals surface area contributed by atoms with E-state index in [1.165, 1.54) is 6.42 Å². The normalized spacial score (nSPS) is 18.9. The highest BCUT2D eigenvalue weighted by molar-refractivity contribution is 9.09. The number of rotatable bonds is 3. The van der Waals surface area contributed by atoms with Gasteiger partial charge in [-0.05, 0) is 37.1 Å². The minimum Gasteiger partial charge on any atom is -0.334 e. The highest BCUT2D eigenvalue weighted by Gasteiger charge is 2.28. The molecule has 1 aliphatic heterocycles. The Morgan fingerprint density at radius 3 is 3.00 bits per heavy atom. The second-order valence-corrected chi connectivity index (χ2v) is 6.30. The van der Waals surface area contributed by atoms with Gasteiger partial charge >= 0.3 is 0 Å². The SMILES string of the molecule is O=C(c1nccc2ccccc12)N1CCCCC1CCBr. The van der Waals surface area contributed by atoms with Crippen LogP contribution in [0.5, 0.6) is 0 Å². The second-order valence-electron chi connectivity index (χ2n) is 5.51. The smallest absolute Gasteiger partial charge is 0.273 e. The Kier molecular flexibility index (Phi) is 4.54. The molecule has 0 radical (unpaired) electrons. The van der Waals surface area contributed by atoms with Crippen molar-refractivity contribution < 1.29 is 4.79 Å². The molecule has 1 saturated heterocycles. The maximum absolute atomic E-state index is 12.9. The zero-order valence-electron chi connectivity index (χ0n) is 12.0. The first-order valence-electron chi connectivity index (χ1n) is 7.52. The van der Waals surface area contributed by atoms with Crippen LogP contribution in [0.25, 0.3) is 10.8 Å². The van der Waals surface area contributed by atoms with Gasteiger partial charge in [-0.2, -0.15) is 0 Å². The third-order valence-corrected chi connectivity index (χ3v) is 4.66. The van der Waals surface area contributed by atoms with Gasteiger partial charge in [-0.15, -0.1) is 0 Å². The van der Waals surface area contributed by atoms with E-state index in [-0.39, 0.29) is 5.91 Å². The summed E-state index contributed by atoms with van der Waals surface area (Å²) < 4.78 is 0. The Balaban J connectivity index is 1.95. The van der Waals surface area contributed by atoms with Crippen LogP contribution in [0.2, 0.25) is 0 Å². The molecule has 3 nitrogen and oxygen atoms in total. The molecule has 2 heterocycles. The molecular formula is C17H19BrN2O. The molecule has 0 spiro atoms. The van der Waals surface area contributed by atoms with Crippen molar-refractivity contribution >= 4 is 32.6 Å². The monoisotopic (exact) mass is 346 g/mol. The summed E-state index contributed by atoms with van der Waals surface area (Å²) in [5.41, 5.74) is 0.592. The lowest BCUT2D eigenvalue weighted by molar-refractivity contribution is 0.0606. The summed E-state index contributed by atoms with van der Waals surface area (Å²) in [6.07, 6.45) is 6.15. The first kappa shape index (κ1) is 14.5. The summed E-state index contributed by atoms with van der Waals surface area (Å²) in [4.78, 5) is 19.3. The third kappa shape index (κ3) is 2.95. The number of alkyl halides is 1. The number of nitrogens with zero attached hydrogens (tertiary/aromatic N) is 2. The molecule has 0 aliphatic carbocycles. The Morgan fingerprint density at radius 2 is 2.14 bits per heavy atom. The van der Waals surface area contributed by atoms with E-state index in [0.29, 0.717) is 11.7 Å². The van der Waals surface area contributed by atoms with Gasteiger partial charge < -0.3 is 4.90 Å². The average molecular weight is 347 g/mol. The van der Waals surface area contributed by atoms with Gasteiger partial charge in [0.15, 0.2) is 0 Å². The van der Waals surface area contributed by atoms with Crippen molar-refractivity contribution in [2.75, 3.05) is 11.9 Å². The van der Waals surface area contributed by atoms with E-state index in [9.17, 15) is 4.79 Å². The van der Waals surface area contributed by atoms with Crippen LogP contribution in [0, 0.1) is 0 Å². The summed E-state index contributed by atoms with van der Waals surface area (Å²) in [7, 11) is 0. The van der Waals surface area contributed by atoms with E-state index in [4.69, 9.17) is 0 Å². The van der Waals surface area contributed by atoms with E-state index < -0.39 is 0 Å². The predicted octanol–water partition coefficient (Wildman–Crippen LogP) is 4.01. The van der Waals surface area contributed by atoms with Crippen molar-refractivity contribution in [3.63, 3.8) is 0 Å². The van der Waals surface area contributed by atoms with Gasteiger partial charge in [0.05, 0.1) is 0 Å². The molecule has 1 aromatic carbocycles. The van der Waals surface area contributed by atoms with Gasteiger partial charge in [0, 0.05) is 29.5 Å². The van der Waals surface area contributed by atoms with Gasteiger partial charge in [-0.25, -0.2) is 0 Å². The number of aromatic nitrogens is 1. The minimum atomic E-state index is 0.0810. The second kappa shape index (κ2) is 6.56. The summed E-state index contributed by atoms with van der Waals surface area (Å²) in [6, 6.07) is 10.3. The Morgan fingerprint density at radius 1 is 1.29 bits per heavy atom. The number of fused-ring (bicyclic) bond motifs is 1. The molecule has 1 aliphatic rings. The van der Waals surface area contributed by atoms with Crippen LogP contribution in [-0.2, 0) is 0 Å². The van der Waals surface area contributed by atoms with Gasteiger partial charge in [0.2, 0.25) is 0 Å². The van der Waals surface area contributed by atoms with Gasteiger partial charge in [0.1, 0.15) is 5.69 Å². The van der Waals surface area contributed by atoms with E-state index in [1.54, 1.807) is 6.20 Å². The molecule has 21 heavy (non-hydrogen) atoms. The molecule has 4 heteroatoms. The molecule has 1 fully saturated rings. The fourth-order valence-corrected chi connectivity index (χ4v) is 3.65. The summed E-state index contributed by atoms with van der Waals surface area (Å²) in [6.45, 7) is 0.849. The first-order chi connectivity index (χ1) is 10.3. The van der Waals surface area contributed by atoms with Crippen molar-refractivity contribution in [2.45, 2.75) is 31.7 Å². The summed E-state index contributed by atoms with van der Waals surface area (Å²) in [5.74, 6) is 0.0810. The maximum atomic E-state index is 12.9. The van der Waals surface area contributed by atoms with Crippen LogP contribution in [0.4, 0.5) is 0 Å². The van der Waals surface area contributed by atoms with E-state index >= 15 is 0 Å². The molecule has 0 N–H and O–H groups in total.